The second-order valence-electron chi connectivity index (χ2n) is 4.30. The number of benzene rings is 1. The summed E-state index contributed by atoms with van der Waals surface area (Å²) in [6.45, 7) is 3.55. The van der Waals surface area contributed by atoms with Crippen molar-refractivity contribution in [2.75, 3.05) is 6.61 Å². The summed E-state index contributed by atoms with van der Waals surface area (Å²) in [6, 6.07) is 8.45. The first-order valence-electron chi connectivity index (χ1n) is 5.78. The SMILES string of the molecule is Cc1[nH]ncc1CN[C@H]1COc2ccccc21. The molecule has 88 valence electrons. The molecule has 4 nitrogen and oxygen atoms in total. The van der Waals surface area contributed by atoms with Gasteiger partial charge in [-0.3, -0.25) is 5.10 Å². The Morgan fingerprint density at radius 1 is 1.47 bits per heavy atom. The van der Waals surface area contributed by atoms with Crippen molar-refractivity contribution >= 4 is 0 Å². The standard InChI is InChI=1S/C13H15N3O/c1-9-10(7-15-16-9)6-14-12-8-17-13-5-3-2-4-11(12)13/h2-5,7,12,14H,6,8H2,1H3,(H,15,16)/t12-/m0/s1. The maximum Gasteiger partial charge on any atom is 0.124 e. The fraction of sp³-hybridized carbons (Fsp3) is 0.308. The fourth-order valence-corrected chi connectivity index (χ4v) is 2.12. The number of hydrogen-bond donors (Lipinski definition) is 2. The lowest BCUT2D eigenvalue weighted by Gasteiger charge is -2.10. The molecule has 1 atom stereocenters. The Bertz CT molecular complexity index is 521. The number of para-hydroxylation sites is 1. The van der Waals surface area contributed by atoms with Crippen LogP contribution >= 0.6 is 0 Å². The Hall–Kier alpha value is -1.81. The van der Waals surface area contributed by atoms with Gasteiger partial charge in [0.1, 0.15) is 12.4 Å². The lowest BCUT2D eigenvalue weighted by molar-refractivity contribution is 0.310. The van der Waals surface area contributed by atoms with Gasteiger partial charge in [0.15, 0.2) is 0 Å². The summed E-state index contributed by atoms with van der Waals surface area (Å²) in [7, 11) is 0. The molecule has 0 radical (unpaired) electrons. The van der Waals surface area contributed by atoms with Gasteiger partial charge in [0, 0.05) is 23.4 Å². The normalized spacial score (nSPS) is 17.8. The minimum absolute atomic E-state index is 0.278. The molecule has 0 spiro atoms. The van der Waals surface area contributed by atoms with Crippen LogP contribution in [0.5, 0.6) is 5.75 Å². The molecule has 17 heavy (non-hydrogen) atoms. The maximum atomic E-state index is 5.63. The van der Waals surface area contributed by atoms with Crippen molar-refractivity contribution in [1.29, 1.82) is 0 Å². The molecule has 1 aromatic carbocycles. The van der Waals surface area contributed by atoms with Gasteiger partial charge in [0.2, 0.25) is 0 Å². The highest BCUT2D eigenvalue weighted by Crippen LogP contribution is 2.31. The number of aryl methyl sites for hydroxylation is 1. The molecular weight excluding hydrogens is 214 g/mol. The van der Waals surface area contributed by atoms with Crippen LogP contribution in [0.25, 0.3) is 0 Å². The van der Waals surface area contributed by atoms with E-state index < -0.39 is 0 Å². The van der Waals surface area contributed by atoms with E-state index in [0.29, 0.717) is 6.61 Å². The van der Waals surface area contributed by atoms with Gasteiger partial charge in [-0.15, -0.1) is 0 Å². The van der Waals surface area contributed by atoms with Gasteiger partial charge in [-0.2, -0.15) is 5.10 Å². The number of H-pyrrole nitrogens is 1. The molecule has 1 aliphatic rings. The largest absolute Gasteiger partial charge is 0.491 e. The van der Waals surface area contributed by atoms with Gasteiger partial charge in [-0.25, -0.2) is 0 Å². The first-order chi connectivity index (χ1) is 8.34. The van der Waals surface area contributed by atoms with E-state index in [2.05, 4.69) is 21.6 Å². The smallest absolute Gasteiger partial charge is 0.124 e. The predicted octanol–water partition coefficient (Wildman–Crippen LogP) is 1.94. The second-order valence-corrected chi connectivity index (χ2v) is 4.30. The maximum absolute atomic E-state index is 5.63. The molecule has 0 bridgehead atoms. The fourth-order valence-electron chi connectivity index (χ4n) is 2.12. The summed E-state index contributed by atoms with van der Waals surface area (Å²) in [5.74, 6) is 0.994. The van der Waals surface area contributed by atoms with Crippen LogP contribution in [0, 0.1) is 6.92 Å². The van der Waals surface area contributed by atoms with Crippen molar-refractivity contribution in [3.05, 3.63) is 47.3 Å². The van der Waals surface area contributed by atoms with E-state index in [1.165, 1.54) is 11.1 Å². The molecule has 0 saturated carbocycles. The monoisotopic (exact) mass is 229 g/mol. The summed E-state index contributed by atoms with van der Waals surface area (Å²) < 4.78 is 5.63. The van der Waals surface area contributed by atoms with Crippen LogP contribution < -0.4 is 10.1 Å². The van der Waals surface area contributed by atoms with Crippen LogP contribution in [0.2, 0.25) is 0 Å². The minimum atomic E-state index is 0.278. The molecule has 0 amide bonds. The molecule has 1 aliphatic heterocycles. The van der Waals surface area contributed by atoms with Crippen LogP contribution in [0.4, 0.5) is 0 Å². The molecule has 4 heteroatoms. The van der Waals surface area contributed by atoms with E-state index in [1.807, 2.05) is 31.3 Å². The summed E-state index contributed by atoms with van der Waals surface area (Å²) in [5, 5.41) is 10.5. The first kappa shape index (κ1) is 10.4. The van der Waals surface area contributed by atoms with Gasteiger partial charge in [-0.1, -0.05) is 18.2 Å². The van der Waals surface area contributed by atoms with Crippen molar-refractivity contribution in [3.8, 4) is 5.75 Å². The van der Waals surface area contributed by atoms with E-state index in [0.717, 1.165) is 18.0 Å². The molecule has 0 aliphatic carbocycles. The Kier molecular flexibility index (Phi) is 2.57. The molecule has 2 N–H and O–H groups in total. The van der Waals surface area contributed by atoms with Gasteiger partial charge >= 0.3 is 0 Å². The van der Waals surface area contributed by atoms with Crippen LogP contribution in [-0.4, -0.2) is 16.8 Å². The number of aromatic nitrogens is 2. The Morgan fingerprint density at radius 3 is 3.18 bits per heavy atom. The highest BCUT2D eigenvalue weighted by atomic mass is 16.5. The first-order valence-corrected chi connectivity index (χ1v) is 5.78. The van der Waals surface area contributed by atoms with Crippen LogP contribution in [0.15, 0.2) is 30.5 Å². The zero-order valence-electron chi connectivity index (χ0n) is 9.73. The van der Waals surface area contributed by atoms with Gasteiger partial charge < -0.3 is 10.1 Å². The number of rotatable bonds is 3. The van der Waals surface area contributed by atoms with E-state index in [1.54, 1.807) is 0 Å². The van der Waals surface area contributed by atoms with E-state index in [9.17, 15) is 0 Å². The lowest BCUT2D eigenvalue weighted by atomic mass is 10.1. The molecule has 0 fully saturated rings. The Labute approximate surface area is 100 Å². The summed E-state index contributed by atoms with van der Waals surface area (Å²) >= 11 is 0. The third-order valence-electron chi connectivity index (χ3n) is 3.17. The Balaban J connectivity index is 1.70. The molecule has 0 saturated heterocycles. The predicted molar refractivity (Wildman–Crippen MR) is 64.8 cm³/mol. The van der Waals surface area contributed by atoms with Crippen molar-refractivity contribution < 1.29 is 4.74 Å². The van der Waals surface area contributed by atoms with E-state index in [4.69, 9.17) is 4.74 Å². The molecule has 2 heterocycles. The lowest BCUT2D eigenvalue weighted by Crippen LogP contribution is -2.22. The summed E-state index contributed by atoms with van der Waals surface area (Å²) in [6.07, 6.45) is 1.87. The number of hydrogen-bond acceptors (Lipinski definition) is 3. The van der Waals surface area contributed by atoms with Crippen LogP contribution in [0.3, 0.4) is 0 Å². The summed E-state index contributed by atoms with van der Waals surface area (Å²) in [4.78, 5) is 0. The zero-order chi connectivity index (χ0) is 11.7. The molecule has 2 aromatic rings. The quantitative estimate of drug-likeness (QED) is 0.845. The third kappa shape index (κ3) is 1.91. The van der Waals surface area contributed by atoms with Gasteiger partial charge in [0.05, 0.1) is 12.2 Å². The second kappa shape index (κ2) is 4.22. The van der Waals surface area contributed by atoms with Gasteiger partial charge in [0.25, 0.3) is 0 Å². The highest BCUT2D eigenvalue weighted by Gasteiger charge is 2.22. The average Bonchev–Trinajstić information content (AvgIpc) is 2.93. The van der Waals surface area contributed by atoms with Crippen molar-refractivity contribution in [1.82, 2.24) is 15.5 Å². The molecule has 1 aromatic heterocycles. The minimum Gasteiger partial charge on any atom is -0.491 e. The number of aromatic amines is 1. The zero-order valence-corrected chi connectivity index (χ0v) is 9.73. The van der Waals surface area contributed by atoms with Gasteiger partial charge in [-0.05, 0) is 13.0 Å². The Morgan fingerprint density at radius 2 is 2.35 bits per heavy atom. The molecule has 3 rings (SSSR count). The van der Waals surface area contributed by atoms with Crippen molar-refractivity contribution in [2.45, 2.75) is 19.5 Å². The number of nitrogens with zero attached hydrogens (tertiary/aromatic N) is 1. The number of nitrogens with one attached hydrogen (secondary N) is 2. The summed E-state index contributed by atoms with van der Waals surface area (Å²) in [5.41, 5.74) is 3.56. The number of ether oxygens (including phenoxy) is 1. The average molecular weight is 229 g/mol. The number of fused-ring (bicyclic) bond motifs is 1. The van der Waals surface area contributed by atoms with E-state index >= 15 is 0 Å². The molecular formula is C13H15N3O. The van der Waals surface area contributed by atoms with Crippen molar-refractivity contribution in [2.24, 2.45) is 0 Å². The van der Waals surface area contributed by atoms with Crippen molar-refractivity contribution in [3.63, 3.8) is 0 Å². The van der Waals surface area contributed by atoms with Crippen LogP contribution in [0.1, 0.15) is 22.9 Å². The van der Waals surface area contributed by atoms with E-state index in [-0.39, 0.29) is 6.04 Å². The third-order valence-corrected chi connectivity index (χ3v) is 3.17. The van der Waals surface area contributed by atoms with Crippen LogP contribution in [-0.2, 0) is 6.54 Å². The molecule has 0 unspecified atom stereocenters. The topological polar surface area (TPSA) is 49.9 Å². The highest BCUT2D eigenvalue weighted by molar-refractivity contribution is 5.39.